The fourth-order valence-corrected chi connectivity index (χ4v) is 2.10. The molecule has 2 aromatic rings. The Morgan fingerprint density at radius 2 is 1.04 bits per heavy atom. The average molecular weight is 388 g/mol. The molecule has 0 unspecified atom stereocenters. The van der Waals surface area contributed by atoms with Gasteiger partial charge in [-0.3, -0.25) is 9.59 Å². The van der Waals surface area contributed by atoms with Crippen LogP contribution in [0.5, 0.6) is 11.5 Å². The molecular formula is C20H22NO7+. The van der Waals surface area contributed by atoms with Gasteiger partial charge in [0.15, 0.2) is 13.2 Å². The van der Waals surface area contributed by atoms with Gasteiger partial charge in [-0.25, -0.2) is 0 Å². The first kappa shape index (κ1) is 20.9. The standard InChI is InChI=1S/C20H22NO7/c22-15-17-3-7-19(8-4-17)25-11-1-13-27-21(24)28-14-2-12-26-20-9-5-18(16-23)6-10-20/h3-10,15-16H,1-2,11-14H2/q+1. The third-order valence-corrected chi connectivity index (χ3v) is 3.54. The topological polar surface area (TPSA) is 91.1 Å². The Morgan fingerprint density at radius 1 is 0.643 bits per heavy atom. The largest absolute Gasteiger partial charge is 0.493 e. The minimum atomic E-state index is 0.0811. The van der Waals surface area contributed by atoms with Crippen molar-refractivity contribution in [1.29, 1.82) is 0 Å². The number of benzene rings is 2. The number of carbonyl (C=O) groups excluding carboxylic acids is 2. The summed E-state index contributed by atoms with van der Waals surface area (Å²) in [5, 5.41) is 0.0811. The summed E-state index contributed by atoms with van der Waals surface area (Å²) in [6, 6.07) is 13.5. The van der Waals surface area contributed by atoms with Crippen molar-refractivity contribution in [3.05, 3.63) is 64.6 Å². The molecule has 8 heteroatoms. The van der Waals surface area contributed by atoms with Crippen LogP contribution in [0, 0.1) is 4.91 Å². The molecular weight excluding hydrogens is 366 g/mol. The van der Waals surface area contributed by atoms with Crippen molar-refractivity contribution < 1.29 is 33.8 Å². The highest BCUT2D eigenvalue weighted by Crippen LogP contribution is 2.12. The number of nitrogens with zero attached hydrogens (tertiary/aromatic N) is 1. The molecule has 148 valence electrons. The van der Waals surface area contributed by atoms with E-state index in [0.29, 0.717) is 48.7 Å². The maximum absolute atomic E-state index is 11.4. The summed E-state index contributed by atoms with van der Waals surface area (Å²) in [5.74, 6) is 1.28. The molecule has 0 amide bonds. The van der Waals surface area contributed by atoms with E-state index in [1.165, 1.54) is 0 Å². The zero-order valence-electron chi connectivity index (χ0n) is 15.3. The molecule has 0 fully saturated rings. The Morgan fingerprint density at radius 3 is 1.39 bits per heavy atom. The van der Waals surface area contributed by atoms with E-state index in [1.54, 1.807) is 48.5 Å². The molecule has 0 spiro atoms. The van der Waals surface area contributed by atoms with Crippen LogP contribution in [-0.2, 0) is 9.68 Å². The van der Waals surface area contributed by atoms with E-state index in [1.807, 2.05) is 0 Å². The van der Waals surface area contributed by atoms with Crippen LogP contribution in [0.3, 0.4) is 0 Å². The first-order chi connectivity index (χ1) is 13.7. The molecule has 0 N–H and O–H groups in total. The SMILES string of the molecule is O=Cc1ccc(OCCCO[N+](=O)OCCCOc2ccc(C=O)cc2)cc1. The van der Waals surface area contributed by atoms with Crippen molar-refractivity contribution in [2.24, 2.45) is 0 Å². The average Bonchev–Trinajstić information content (AvgIpc) is 2.74. The number of ether oxygens (including phenoxy) is 2. The molecule has 2 aromatic carbocycles. The van der Waals surface area contributed by atoms with Crippen LogP contribution in [0.25, 0.3) is 0 Å². The van der Waals surface area contributed by atoms with Crippen LogP contribution in [0.2, 0.25) is 0 Å². The highest BCUT2D eigenvalue weighted by molar-refractivity contribution is 5.75. The maximum atomic E-state index is 11.4. The van der Waals surface area contributed by atoms with E-state index >= 15 is 0 Å². The number of rotatable bonds is 14. The number of aldehydes is 2. The molecule has 0 aliphatic heterocycles. The highest BCUT2D eigenvalue weighted by Gasteiger charge is 2.11. The summed E-state index contributed by atoms with van der Waals surface area (Å²) in [6.07, 6.45) is 2.52. The molecule has 2 rings (SSSR count). The lowest BCUT2D eigenvalue weighted by Crippen LogP contribution is -2.15. The Bertz CT molecular complexity index is 681. The fraction of sp³-hybridized carbons (Fsp3) is 0.300. The Labute approximate surface area is 162 Å². The van der Waals surface area contributed by atoms with Crippen LogP contribution in [0.1, 0.15) is 33.6 Å². The van der Waals surface area contributed by atoms with Gasteiger partial charge in [0.1, 0.15) is 29.0 Å². The van der Waals surface area contributed by atoms with E-state index in [9.17, 15) is 14.5 Å². The number of hydrogen-bond donors (Lipinski definition) is 0. The zero-order chi connectivity index (χ0) is 20.0. The van der Waals surface area contributed by atoms with Gasteiger partial charge in [0.25, 0.3) is 0 Å². The van der Waals surface area contributed by atoms with Crippen LogP contribution >= 0.6 is 0 Å². The molecule has 0 heterocycles. The van der Waals surface area contributed by atoms with E-state index in [0.717, 1.165) is 12.6 Å². The molecule has 0 atom stereocenters. The monoisotopic (exact) mass is 388 g/mol. The van der Waals surface area contributed by atoms with Crippen LogP contribution in [0.4, 0.5) is 0 Å². The lowest BCUT2D eigenvalue weighted by atomic mass is 10.2. The Kier molecular flexibility index (Phi) is 8.99. The van der Waals surface area contributed by atoms with Crippen LogP contribution in [-0.4, -0.2) is 44.1 Å². The molecule has 0 bridgehead atoms. The minimum absolute atomic E-state index is 0.0811. The van der Waals surface area contributed by atoms with Crippen molar-refractivity contribution in [3.8, 4) is 11.5 Å². The van der Waals surface area contributed by atoms with E-state index in [2.05, 4.69) is 0 Å². The first-order valence-electron chi connectivity index (χ1n) is 8.80. The van der Waals surface area contributed by atoms with Gasteiger partial charge in [0.2, 0.25) is 0 Å². The lowest BCUT2D eigenvalue weighted by molar-refractivity contribution is -0.981. The molecule has 0 aliphatic carbocycles. The van der Waals surface area contributed by atoms with Gasteiger partial charge in [-0.2, -0.15) is 9.68 Å². The van der Waals surface area contributed by atoms with Crippen LogP contribution < -0.4 is 9.47 Å². The maximum Gasteiger partial charge on any atom is 0.477 e. The zero-order valence-corrected chi connectivity index (χ0v) is 15.3. The summed E-state index contributed by atoms with van der Waals surface area (Å²) in [5.41, 5.74) is 1.16. The van der Waals surface area contributed by atoms with Gasteiger partial charge in [0, 0.05) is 24.0 Å². The predicted molar refractivity (Wildman–Crippen MR) is 99.4 cm³/mol. The van der Waals surface area contributed by atoms with E-state index < -0.39 is 0 Å². The normalized spacial score (nSPS) is 10.0. The lowest BCUT2D eigenvalue weighted by Gasteiger charge is -2.05. The second kappa shape index (κ2) is 12.1. The summed E-state index contributed by atoms with van der Waals surface area (Å²) in [7, 11) is 0. The summed E-state index contributed by atoms with van der Waals surface area (Å²) >= 11 is 0. The van der Waals surface area contributed by atoms with Crippen molar-refractivity contribution in [3.63, 3.8) is 0 Å². The van der Waals surface area contributed by atoms with Gasteiger partial charge >= 0.3 is 5.09 Å². The van der Waals surface area contributed by atoms with Gasteiger partial charge in [-0.1, -0.05) is 0 Å². The fourth-order valence-electron chi connectivity index (χ4n) is 2.10. The number of carbonyl (C=O) groups is 2. The smallest absolute Gasteiger partial charge is 0.477 e. The van der Waals surface area contributed by atoms with Crippen molar-refractivity contribution in [2.75, 3.05) is 26.4 Å². The first-order valence-corrected chi connectivity index (χ1v) is 8.80. The Balaban J connectivity index is 1.47. The number of hydrogen-bond acceptors (Lipinski definition) is 7. The second-order valence-electron chi connectivity index (χ2n) is 5.67. The van der Waals surface area contributed by atoms with Crippen molar-refractivity contribution in [1.82, 2.24) is 0 Å². The third kappa shape index (κ3) is 7.86. The van der Waals surface area contributed by atoms with Gasteiger partial charge < -0.3 is 9.47 Å². The summed E-state index contributed by atoms with van der Waals surface area (Å²) in [6.45, 7) is 1.03. The minimum Gasteiger partial charge on any atom is -0.493 e. The Hall–Kier alpha value is -3.42. The summed E-state index contributed by atoms with van der Waals surface area (Å²) < 4.78 is 10.9. The third-order valence-electron chi connectivity index (χ3n) is 3.54. The van der Waals surface area contributed by atoms with Gasteiger partial charge in [-0.05, 0) is 48.5 Å². The quantitative estimate of drug-likeness (QED) is 0.279. The van der Waals surface area contributed by atoms with Crippen LogP contribution in [0.15, 0.2) is 48.5 Å². The van der Waals surface area contributed by atoms with Crippen molar-refractivity contribution >= 4 is 12.6 Å². The molecule has 0 saturated carbocycles. The van der Waals surface area contributed by atoms with E-state index in [4.69, 9.17) is 19.1 Å². The summed E-state index contributed by atoms with van der Waals surface area (Å²) in [4.78, 5) is 42.2. The molecule has 0 aromatic heterocycles. The van der Waals surface area contributed by atoms with Crippen molar-refractivity contribution in [2.45, 2.75) is 12.8 Å². The molecule has 0 aliphatic rings. The molecule has 8 nitrogen and oxygen atoms in total. The molecule has 0 saturated heterocycles. The second-order valence-corrected chi connectivity index (χ2v) is 5.67. The van der Waals surface area contributed by atoms with Gasteiger partial charge in [0.05, 0.1) is 13.2 Å². The molecule has 0 radical (unpaired) electrons. The predicted octanol–water partition coefficient (Wildman–Crippen LogP) is 3.19. The van der Waals surface area contributed by atoms with E-state index in [-0.39, 0.29) is 18.3 Å². The highest BCUT2D eigenvalue weighted by atomic mass is 17.0. The van der Waals surface area contributed by atoms with Gasteiger partial charge in [-0.15, -0.1) is 0 Å². The molecule has 28 heavy (non-hydrogen) atoms.